The average Bonchev–Trinajstić information content (AvgIpc) is 2.55. The first-order chi connectivity index (χ1) is 10.6. The van der Waals surface area contributed by atoms with E-state index in [4.69, 9.17) is 4.74 Å². The van der Waals surface area contributed by atoms with Crippen molar-refractivity contribution in [2.45, 2.75) is 90.3 Å². The van der Waals surface area contributed by atoms with E-state index in [1.165, 1.54) is 56.9 Å². The Morgan fingerprint density at radius 3 is 1.91 bits per heavy atom. The molecule has 22 heavy (non-hydrogen) atoms. The summed E-state index contributed by atoms with van der Waals surface area (Å²) in [5, 5.41) is -0.111. The van der Waals surface area contributed by atoms with Crippen LogP contribution in [0.3, 0.4) is 0 Å². The Morgan fingerprint density at radius 1 is 0.818 bits per heavy atom. The van der Waals surface area contributed by atoms with E-state index in [0.29, 0.717) is 0 Å². The molecule has 126 valence electrons. The van der Waals surface area contributed by atoms with Crippen LogP contribution in [0, 0.1) is 0 Å². The van der Waals surface area contributed by atoms with Gasteiger partial charge in [0.2, 0.25) is 0 Å². The van der Waals surface area contributed by atoms with Crippen molar-refractivity contribution in [2.75, 3.05) is 0 Å². The van der Waals surface area contributed by atoms with Crippen LogP contribution < -0.4 is 4.74 Å². The van der Waals surface area contributed by atoms with Crippen LogP contribution in [0.1, 0.15) is 84.1 Å². The van der Waals surface area contributed by atoms with Crippen LogP contribution in [0.5, 0.6) is 5.75 Å². The maximum Gasteiger partial charge on any atom is 0.121 e. The lowest BCUT2D eigenvalue weighted by atomic mass is 10.0. The maximum absolute atomic E-state index is 6.10. The molecule has 2 heteroatoms. The van der Waals surface area contributed by atoms with E-state index >= 15 is 0 Å². The van der Waals surface area contributed by atoms with Crippen molar-refractivity contribution in [2.24, 2.45) is 0 Å². The van der Waals surface area contributed by atoms with E-state index in [1.807, 2.05) is 0 Å². The summed E-state index contributed by atoms with van der Waals surface area (Å²) in [5.41, 5.74) is 1.43. The Morgan fingerprint density at radius 2 is 1.36 bits per heavy atom. The second kappa shape index (κ2) is 11.1. The Bertz CT molecular complexity index is 381. The minimum absolute atomic E-state index is 0.111. The fraction of sp³-hybridized carbons (Fsp3) is 0.700. The fourth-order valence-electron chi connectivity index (χ4n) is 2.64. The van der Waals surface area contributed by atoms with Crippen LogP contribution in [0.2, 0.25) is 0 Å². The molecule has 1 aromatic carbocycles. The van der Waals surface area contributed by atoms with Gasteiger partial charge in [-0.3, -0.25) is 0 Å². The van der Waals surface area contributed by atoms with Gasteiger partial charge in [-0.2, -0.15) is 0 Å². The second-order valence-corrected chi connectivity index (χ2v) is 7.44. The molecular weight excluding hydrogens is 287 g/mol. The van der Waals surface area contributed by atoms with Crippen molar-refractivity contribution in [3.8, 4) is 5.75 Å². The number of hydrogen-bond donors (Lipinski definition) is 0. The quantitative estimate of drug-likeness (QED) is 0.305. The third-order valence-corrected chi connectivity index (χ3v) is 5.44. The van der Waals surface area contributed by atoms with E-state index < -0.39 is 0 Å². The molecule has 0 amide bonds. The highest BCUT2D eigenvalue weighted by Crippen LogP contribution is 2.30. The number of aryl methyl sites for hydroxylation is 1. The van der Waals surface area contributed by atoms with E-state index in [2.05, 4.69) is 54.3 Å². The van der Waals surface area contributed by atoms with E-state index in [9.17, 15) is 0 Å². The van der Waals surface area contributed by atoms with Crippen LogP contribution in [0.25, 0.3) is 0 Å². The van der Waals surface area contributed by atoms with Crippen molar-refractivity contribution >= 4 is 9.24 Å². The highest BCUT2D eigenvalue weighted by atomic mass is 31.0. The summed E-state index contributed by atoms with van der Waals surface area (Å²) in [5.74, 6) is 0.988. The maximum atomic E-state index is 6.10. The van der Waals surface area contributed by atoms with Gasteiger partial charge in [0.1, 0.15) is 11.1 Å². The van der Waals surface area contributed by atoms with Gasteiger partial charge < -0.3 is 4.74 Å². The molecule has 0 aliphatic heterocycles. The molecule has 0 saturated carbocycles. The summed E-state index contributed by atoms with van der Waals surface area (Å²) in [6, 6.07) is 8.70. The minimum atomic E-state index is -0.111. The largest absolute Gasteiger partial charge is 0.484 e. The molecule has 0 heterocycles. The summed E-state index contributed by atoms with van der Waals surface area (Å²) in [6.07, 6.45) is 12.8. The van der Waals surface area contributed by atoms with Gasteiger partial charge in [-0.25, -0.2) is 0 Å². The highest BCUT2D eigenvalue weighted by molar-refractivity contribution is 7.18. The standard InChI is InChI=1S/C20H35OP/c1-4-7-8-9-10-11-12-13-18-14-16-19(17-15-18)21-20(22,5-2)6-3/h14-17H,4-13,22H2,1-3H3. The van der Waals surface area contributed by atoms with Crippen LogP contribution >= 0.6 is 9.24 Å². The first-order valence-corrected chi connectivity index (χ1v) is 9.78. The molecule has 0 radical (unpaired) electrons. The summed E-state index contributed by atoms with van der Waals surface area (Å²) < 4.78 is 6.10. The zero-order valence-electron chi connectivity index (χ0n) is 14.9. The predicted octanol–water partition coefficient (Wildman–Crippen LogP) is 6.75. The highest BCUT2D eigenvalue weighted by Gasteiger charge is 2.21. The van der Waals surface area contributed by atoms with Crippen molar-refractivity contribution in [3.05, 3.63) is 29.8 Å². The molecule has 0 fully saturated rings. The summed E-state index contributed by atoms with van der Waals surface area (Å²) in [7, 11) is 2.86. The zero-order valence-corrected chi connectivity index (χ0v) is 16.0. The van der Waals surface area contributed by atoms with Crippen molar-refractivity contribution in [1.29, 1.82) is 0 Å². The summed E-state index contributed by atoms with van der Waals surface area (Å²) >= 11 is 0. The monoisotopic (exact) mass is 322 g/mol. The lowest BCUT2D eigenvalue weighted by Gasteiger charge is -2.28. The summed E-state index contributed by atoms with van der Waals surface area (Å²) in [6.45, 7) is 6.62. The van der Waals surface area contributed by atoms with Gasteiger partial charge in [-0.1, -0.05) is 80.7 Å². The molecule has 1 rings (SSSR count). The molecule has 1 nitrogen and oxygen atoms in total. The third-order valence-electron chi connectivity index (χ3n) is 4.51. The summed E-state index contributed by atoms with van der Waals surface area (Å²) in [4.78, 5) is 0. The molecule has 0 N–H and O–H groups in total. The van der Waals surface area contributed by atoms with Crippen LogP contribution in [-0.4, -0.2) is 5.34 Å². The SMILES string of the molecule is CCCCCCCCCc1ccc(OC(P)(CC)CC)cc1. The molecular formula is C20H35OP. The average molecular weight is 322 g/mol. The van der Waals surface area contributed by atoms with Gasteiger partial charge in [0.05, 0.1) is 0 Å². The third kappa shape index (κ3) is 7.63. The first kappa shape index (κ1) is 19.5. The minimum Gasteiger partial charge on any atom is -0.484 e. The molecule has 1 unspecified atom stereocenters. The molecule has 0 bridgehead atoms. The van der Waals surface area contributed by atoms with Crippen molar-refractivity contribution in [3.63, 3.8) is 0 Å². The Hall–Kier alpha value is -0.550. The second-order valence-electron chi connectivity index (χ2n) is 6.39. The predicted molar refractivity (Wildman–Crippen MR) is 102 cm³/mol. The van der Waals surface area contributed by atoms with Gasteiger partial charge in [-0.15, -0.1) is 0 Å². The Labute approximate surface area is 140 Å². The number of unbranched alkanes of at least 4 members (excludes halogenated alkanes) is 6. The molecule has 0 saturated heterocycles. The Kier molecular flexibility index (Phi) is 9.80. The Balaban J connectivity index is 2.27. The van der Waals surface area contributed by atoms with Crippen LogP contribution in [0.4, 0.5) is 0 Å². The number of rotatable bonds is 12. The van der Waals surface area contributed by atoms with Gasteiger partial charge in [0.25, 0.3) is 0 Å². The number of benzene rings is 1. The van der Waals surface area contributed by atoms with E-state index in [1.54, 1.807) is 0 Å². The molecule has 0 aliphatic carbocycles. The fourth-order valence-corrected chi connectivity index (χ4v) is 2.78. The van der Waals surface area contributed by atoms with E-state index in [0.717, 1.165) is 18.6 Å². The lowest BCUT2D eigenvalue weighted by molar-refractivity contribution is 0.155. The van der Waals surface area contributed by atoms with Gasteiger partial charge in [0.15, 0.2) is 0 Å². The van der Waals surface area contributed by atoms with Gasteiger partial charge in [0, 0.05) is 0 Å². The molecule has 0 aliphatic rings. The van der Waals surface area contributed by atoms with Crippen LogP contribution in [0.15, 0.2) is 24.3 Å². The molecule has 0 spiro atoms. The topological polar surface area (TPSA) is 9.23 Å². The molecule has 1 aromatic rings. The van der Waals surface area contributed by atoms with Crippen LogP contribution in [-0.2, 0) is 6.42 Å². The van der Waals surface area contributed by atoms with Gasteiger partial charge >= 0.3 is 0 Å². The molecule has 1 atom stereocenters. The van der Waals surface area contributed by atoms with Gasteiger partial charge in [-0.05, 0) is 43.4 Å². The zero-order chi connectivity index (χ0) is 16.3. The smallest absolute Gasteiger partial charge is 0.121 e. The van der Waals surface area contributed by atoms with Crippen molar-refractivity contribution < 1.29 is 4.74 Å². The lowest BCUT2D eigenvalue weighted by Crippen LogP contribution is -2.26. The normalized spacial score (nSPS) is 11.6. The van der Waals surface area contributed by atoms with Crippen molar-refractivity contribution in [1.82, 2.24) is 0 Å². The van der Waals surface area contributed by atoms with E-state index in [-0.39, 0.29) is 5.34 Å². The number of ether oxygens (including phenoxy) is 1. The molecule has 0 aromatic heterocycles. The first-order valence-electron chi connectivity index (χ1n) is 9.20. The number of hydrogen-bond acceptors (Lipinski definition) is 1.